The topological polar surface area (TPSA) is 83.5 Å². The smallest absolute Gasteiger partial charge is 0.328 e. The van der Waals surface area contributed by atoms with Gasteiger partial charge in [-0.25, -0.2) is 13.2 Å². The van der Waals surface area contributed by atoms with Gasteiger partial charge in [0.05, 0.1) is 5.25 Å². The molecule has 1 saturated carbocycles. The van der Waals surface area contributed by atoms with Crippen molar-refractivity contribution in [2.75, 3.05) is 4.72 Å². The molecule has 5 nitrogen and oxygen atoms in total. The van der Waals surface area contributed by atoms with Crippen molar-refractivity contribution in [3.05, 3.63) is 35.9 Å². The van der Waals surface area contributed by atoms with Gasteiger partial charge in [0.2, 0.25) is 10.0 Å². The highest BCUT2D eigenvalue weighted by Gasteiger charge is 2.27. The summed E-state index contributed by atoms with van der Waals surface area (Å²) in [5.41, 5.74) is 1.11. The Morgan fingerprint density at radius 1 is 1.24 bits per heavy atom. The zero-order valence-corrected chi connectivity index (χ0v) is 12.5. The molecule has 1 aliphatic carbocycles. The van der Waals surface area contributed by atoms with Crippen LogP contribution in [-0.4, -0.2) is 24.7 Å². The molecule has 0 unspecified atom stereocenters. The number of carbonyl (C=O) groups is 1. The fourth-order valence-corrected chi connectivity index (χ4v) is 4.07. The molecular formula is C15H19NO4S. The minimum Gasteiger partial charge on any atom is -0.478 e. The van der Waals surface area contributed by atoms with Crippen LogP contribution >= 0.6 is 0 Å². The molecule has 0 aliphatic heterocycles. The zero-order valence-electron chi connectivity index (χ0n) is 11.7. The number of hydrogen-bond donors (Lipinski definition) is 2. The maximum absolute atomic E-state index is 12.3. The molecular weight excluding hydrogens is 290 g/mol. The summed E-state index contributed by atoms with van der Waals surface area (Å²) in [5, 5.41) is 8.27. The second-order valence-electron chi connectivity index (χ2n) is 5.20. The molecule has 2 N–H and O–H groups in total. The van der Waals surface area contributed by atoms with Gasteiger partial charge in [-0.2, -0.15) is 0 Å². The van der Waals surface area contributed by atoms with Crippen molar-refractivity contribution in [1.29, 1.82) is 0 Å². The Labute approximate surface area is 124 Å². The molecule has 0 spiro atoms. The van der Waals surface area contributed by atoms with Crippen LogP contribution in [0.5, 0.6) is 0 Å². The van der Waals surface area contributed by atoms with Crippen LogP contribution in [0.2, 0.25) is 0 Å². The predicted octanol–water partition coefficient (Wildman–Crippen LogP) is 2.86. The van der Waals surface area contributed by atoms with Gasteiger partial charge in [-0.3, -0.25) is 4.72 Å². The summed E-state index contributed by atoms with van der Waals surface area (Å²) < 4.78 is 27.2. The lowest BCUT2D eigenvalue weighted by Gasteiger charge is -2.22. The first-order chi connectivity index (χ1) is 9.97. The van der Waals surface area contributed by atoms with Crippen LogP contribution < -0.4 is 4.72 Å². The van der Waals surface area contributed by atoms with Gasteiger partial charge in [0.1, 0.15) is 0 Å². The fourth-order valence-electron chi connectivity index (χ4n) is 2.50. The number of nitrogens with one attached hydrogen (secondary N) is 1. The standard InChI is InChI=1S/C15H19NO4S/c17-15(18)10-9-12-5-4-6-13(11-12)16-21(19,20)14-7-2-1-3-8-14/h4-6,9-11,14,16H,1-3,7-8H2,(H,17,18)/b10-9+. The monoisotopic (exact) mass is 309 g/mol. The van der Waals surface area contributed by atoms with Crippen LogP contribution in [0.3, 0.4) is 0 Å². The van der Waals surface area contributed by atoms with E-state index in [-0.39, 0.29) is 5.25 Å². The van der Waals surface area contributed by atoms with Crippen molar-refractivity contribution in [1.82, 2.24) is 0 Å². The molecule has 0 heterocycles. The lowest BCUT2D eigenvalue weighted by Crippen LogP contribution is -2.29. The van der Waals surface area contributed by atoms with E-state index >= 15 is 0 Å². The number of benzene rings is 1. The molecule has 1 aromatic carbocycles. The summed E-state index contributed by atoms with van der Waals surface area (Å²) in [4.78, 5) is 10.5. The lowest BCUT2D eigenvalue weighted by atomic mass is 10.0. The van der Waals surface area contributed by atoms with Crippen LogP contribution in [-0.2, 0) is 14.8 Å². The van der Waals surface area contributed by atoms with Crippen molar-refractivity contribution < 1.29 is 18.3 Å². The molecule has 21 heavy (non-hydrogen) atoms. The third kappa shape index (κ3) is 4.60. The summed E-state index contributed by atoms with van der Waals surface area (Å²) in [6, 6.07) is 6.70. The summed E-state index contributed by atoms with van der Waals surface area (Å²) in [5.74, 6) is -1.04. The first-order valence-electron chi connectivity index (χ1n) is 7.00. The largest absolute Gasteiger partial charge is 0.478 e. The normalized spacial score (nSPS) is 17.0. The predicted molar refractivity (Wildman–Crippen MR) is 82.5 cm³/mol. The molecule has 114 valence electrons. The van der Waals surface area contributed by atoms with E-state index in [0.717, 1.165) is 25.3 Å². The summed E-state index contributed by atoms with van der Waals surface area (Å²) in [6.07, 6.45) is 6.86. The Morgan fingerprint density at radius 3 is 2.62 bits per heavy atom. The van der Waals surface area contributed by atoms with Gasteiger partial charge < -0.3 is 5.11 Å². The minimum atomic E-state index is -3.37. The number of sulfonamides is 1. The van der Waals surface area contributed by atoms with Crippen LogP contribution in [0.15, 0.2) is 30.3 Å². The summed E-state index contributed by atoms with van der Waals surface area (Å²) in [6.45, 7) is 0. The maximum Gasteiger partial charge on any atom is 0.328 e. The van der Waals surface area contributed by atoms with Crippen LogP contribution in [0.4, 0.5) is 5.69 Å². The molecule has 1 aromatic rings. The Balaban J connectivity index is 2.11. The summed E-state index contributed by atoms with van der Waals surface area (Å²) in [7, 11) is -3.37. The van der Waals surface area contributed by atoms with E-state index < -0.39 is 16.0 Å². The van der Waals surface area contributed by atoms with Crippen LogP contribution in [0, 0.1) is 0 Å². The molecule has 1 fully saturated rings. The van der Waals surface area contributed by atoms with Gasteiger partial charge in [-0.05, 0) is 36.6 Å². The second-order valence-corrected chi connectivity index (χ2v) is 7.16. The third-order valence-corrected chi connectivity index (χ3v) is 5.43. The Morgan fingerprint density at radius 2 is 1.95 bits per heavy atom. The van der Waals surface area contributed by atoms with E-state index in [1.165, 1.54) is 6.08 Å². The Kier molecular flexibility index (Phi) is 5.01. The Bertz CT molecular complexity index is 631. The molecule has 0 aromatic heterocycles. The quantitative estimate of drug-likeness (QED) is 0.819. The SMILES string of the molecule is O=C(O)/C=C/c1cccc(NS(=O)(=O)C2CCCCC2)c1. The number of carboxylic acid groups (broad SMARTS) is 1. The first kappa shape index (κ1) is 15.6. The van der Waals surface area contributed by atoms with Gasteiger partial charge in [0.25, 0.3) is 0 Å². The highest BCUT2D eigenvalue weighted by molar-refractivity contribution is 7.93. The molecule has 0 amide bonds. The fraction of sp³-hybridized carbons (Fsp3) is 0.400. The highest BCUT2D eigenvalue weighted by atomic mass is 32.2. The summed E-state index contributed by atoms with van der Waals surface area (Å²) >= 11 is 0. The number of anilines is 1. The molecule has 0 saturated heterocycles. The third-order valence-electron chi connectivity index (χ3n) is 3.56. The first-order valence-corrected chi connectivity index (χ1v) is 8.55. The molecule has 0 atom stereocenters. The van der Waals surface area contributed by atoms with Crippen LogP contribution in [0.25, 0.3) is 6.08 Å². The van der Waals surface area contributed by atoms with E-state index in [1.807, 2.05) is 0 Å². The van der Waals surface area contributed by atoms with Crippen molar-refractivity contribution >= 4 is 27.8 Å². The number of rotatable bonds is 5. The average Bonchev–Trinajstić information content (AvgIpc) is 2.46. The Hall–Kier alpha value is -1.82. The maximum atomic E-state index is 12.3. The molecule has 0 bridgehead atoms. The minimum absolute atomic E-state index is 0.329. The van der Waals surface area contributed by atoms with Gasteiger partial charge in [-0.1, -0.05) is 31.4 Å². The van der Waals surface area contributed by atoms with Crippen molar-refractivity contribution in [2.45, 2.75) is 37.4 Å². The van der Waals surface area contributed by atoms with Crippen molar-refractivity contribution in [3.8, 4) is 0 Å². The molecule has 6 heteroatoms. The number of carboxylic acids is 1. The molecule has 1 aliphatic rings. The second kappa shape index (κ2) is 6.76. The van der Waals surface area contributed by atoms with Crippen LogP contribution in [0.1, 0.15) is 37.7 Å². The lowest BCUT2D eigenvalue weighted by molar-refractivity contribution is -0.131. The average molecular weight is 309 g/mol. The van der Waals surface area contributed by atoms with E-state index in [1.54, 1.807) is 24.3 Å². The highest BCUT2D eigenvalue weighted by Crippen LogP contribution is 2.25. The van der Waals surface area contributed by atoms with Gasteiger partial charge in [0, 0.05) is 11.8 Å². The van der Waals surface area contributed by atoms with Crippen molar-refractivity contribution in [3.63, 3.8) is 0 Å². The van der Waals surface area contributed by atoms with E-state index in [2.05, 4.69) is 4.72 Å². The molecule has 2 rings (SSSR count). The van der Waals surface area contributed by atoms with Gasteiger partial charge >= 0.3 is 5.97 Å². The van der Waals surface area contributed by atoms with E-state index in [4.69, 9.17) is 5.11 Å². The van der Waals surface area contributed by atoms with Gasteiger partial charge in [0.15, 0.2) is 0 Å². The molecule has 0 radical (unpaired) electrons. The van der Waals surface area contributed by atoms with E-state index in [9.17, 15) is 13.2 Å². The number of aliphatic carboxylic acids is 1. The van der Waals surface area contributed by atoms with Gasteiger partial charge in [-0.15, -0.1) is 0 Å². The zero-order chi connectivity index (χ0) is 15.3. The number of hydrogen-bond acceptors (Lipinski definition) is 3. The van der Waals surface area contributed by atoms with E-state index in [0.29, 0.717) is 24.1 Å². The van der Waals surface area contributed by atoms with Crippen molar-refractivity contribution in [2.24, 2.45) is 0 Å².